The first-order valence-corrected chi connectivity index (χ1v) is 11.9. The Kier molecular flexibility index (Phi) is 7.44. The first kappa shape index (κ1) is 25.2. The number of carbonyl (C=O) groups is 1. The van der Waals surface area contributed by atoms with Gasteiger partial charge in [0.15, 0.2) is 0 Å². The van der Waals surface area contributed by atoms with Gasteiger partial charge in [0.05, 0.1) is 23.0 Å². The van der Waals surface area contributed by atoms with E-state index >= 15 is 0 Å². The van der Waals surface area contributed by atoms with Crippen LogP contribution in [0.1, 0.15) is 37.1 Å². The van der Waals surface area contributed by atoms with E-state index in [1.54, 1.807) is 36.4 Å². The Labute approximate surface area is 202 Å². The van der Waals surface area contributed by atoms with Gasteiger partial charge in [-0.2, -0.15) is 13.2 Å². The molecule has 35 heavy (non-hydrogen) atoms. The van der Waals surface area contributed by atoms with Crippen LogP contribution >= 0.6 is 0 Å². The molecule has 5 nitrogen and oxygen atoms in total. The lowest BCUT2D eigenvalue weighted by Crippen LogP contribution is -2.46. The number of benzene rings is 1. The fourth-order valence-electron chi connectivity index (χ4n) is 4.26. The van der Waals surface area contributed by atoms with Crippen LogP contribution in [0.25, 0.3) is 22.4 Å². The predicted octanol–water partition coefficient (Wildman–Crippen LogP) is 5.19. The molecule has 2 heterocycles. The SMILES string of the molecule is C=C(c1nc(/C=C/CCNC(=O)C2CC2)cc2c(N[C@@H]3CCN(C)C[C@@H]3F)cccc12)C(F)(F)F. The van der Waals surface area contributed by atoms with Gasteiger partial charge in [0.1, 0.15) is 6.17 Å². The summed E-state index contributed by atoms with van der Waals surface area (Å²) in [6.07, 6.45) is 0.619. The molecule has 188 valence electrons. The van der Waals surface area contributed by atoms with E-state index in [-0.39, 0.29) is 17.5 Å². The van der Waals surface area contributed by atoms with Gasteiger partial charge in [0.25, 0.3) is 0 Å². The number of hydrogen-bond donors (Lipinski definition) is 2. The number of piperidine rings is 1. The van der Waals surface area contributed by atoms with Crippen LogP contribution in [-0.4, -0.2) is 60.9 Å². The van der Waals surface area contributed by atoms with E-state index in [9.17, 15) is 22.4 Å². The lowest BCUT2D eigenvalue weighted by molar-refractivity contribution is -0.122. The van der Waals surface area contributed by atoms with Crippen LogP contribution in [0.2, 0.25) is 0 Å². The molecule has 1 aromatic heterocycles. The summed E-state index contributed by atoms with van der Waals surface area (Å²) in [6, 6.07) is 6.22. The molecule has 1 aromatic carbocycles. The third-order valence-electron chi connectivity index (χ3n) is 6.45. The summed E-state index contributed by atoms with van der Waals surface area (Å²) >= 11 is 0. The molecule has 0 unspecified atom stereocenters. The molecule has 2 fully saturated rings. The normalized spacial score (nSPS) is 21.4. The van der Waals surface area contributed by atoms with Crippen LogP contribution in [0.3, 0.4) is 0 Å². The smallest absolute Gasteiger partial charge is 0.379 e. The molecule has 1 saturated carbocycles. The molecule has 2 N–H and O–H groups in total. The van der Waals surface area contributed by atoms with Crippen molar-refractivity contribution in [1.29, 1.82) is 0 Å². The number of anilines is 1. The van der Waals surface area contributed by atoms with Crippen molar-refractivity contribution in [1.82, 2.24) is 15.2 Å². The number of amides is 1. The number of hydrogen-bond acceptors (Lipinski definition) is 4. The first-order valence-electron chi connectivity index (χ1n) is 11.9. The van der Waals surface area contributed by atoms with Crippen molar-refractivity contribution in [2.24, 2.45) is 5.92 Å². The van der Waals surface area contributed by atoms with E-state index in [4.69, 9.17) is 0 Å². The summed E-state index contributed by atoms with van der Waals surface area (Å²) in [6.45, 7) is 4.73. The van der Waals surface area contributed by atoms with E-state index in [0.29, 0.717) is 48.1 Å². The van der Waals surface area contributed by atoms with Gasteiger partial charge in [-0.25, -0.2) is 9.37 Å². The molecule has 2 aromatic rings. The number of rotatable bonds is 8. The Morgan fingerprint density at radius 3 is 2.71 bits per heavy atom. The van der Waals surface area contributed by atoms with E-state index in [1.165, 1.54) is 0 Å². The van der Waals surface area contributed by atoms with Gasteiger partial charge in [0.2, 0.25) is 5.91 Å². The highest BCUT2D eigenvalue weighted by Gasteiger charge is 2.35. The molecule has 0 bridgehead atoms. The van der Waals surface area contributed by atoms with Crippen LogP contribution in [0.15, 0.2) is 36.9 Å². The number of carbonyl (C=O) groups excluding carboxylic acids is 1. The lowest BCUT2D eigenvalue weighted by Gasteiger charge is -2.33. The van der Waals surface area contributed by atoms with Gasteiger partial charge in [-0.1, -0.05) is 24.8 Å². The number of pyridine rings is 1. The highest BCUT2D eigenvalue weighted by atomic mass is 19.4. The minimum atomic E-state index is -4.64. The molecule has 2 aliphatic rings. The molecule has 0 radical (unpaired) electrons. The third-order valence-corrected chi connectivity index (χ3v) is 6.45. The monoisotopic (exact) mass is 490 g/mol. The second kappa shape index (κ2) is 10.4. The van der Waals surface area contributed by atoms with E-state index < -0.39 is 24.0 Å². The number of fused-ring (bicyclic) bond motifs is 1. The zero-order valence-electron chi connectivity index (χ0n) is 19.7. The number of halogens is 4. The average Bonchev–Trinajstić information content (AvgIpc) is 3.65. The fourth-order valence-corrected chi connectivity index (χ4v) is 4.26. The number of aromatic nitrogens is 1. The predicted molar refractivity (Wildman–Crippen MR) is 131 cm³/mol. The first-order chi connectivity index (χ1) is 16.6. The van der Waals surface area contributed by atoms with E-state index in [0.717, 1.165) is 19.4 Å². The Balaban J connectivity index is 1.62. The van der Waals surface area contributed by atoms with Crippen molar-refractivity contribution < 1.29 is 22.4 Å². The van der Waals surface area contributed by atoms with Crippen molar-refractivity contribution in [3.63, 3.8) is 0 Å². The lowest BCUT2D eigenvalue weighted by atomic mass is 9.99. The largest absolute Gasteiger partial charge is 0.417 e. The summed E-state index contributed by atoms with van der Waals surface area (Å²) in [5.41, 5.74) is -0.389. The van der Waals surface area contributed by atoms with Gasteiger partial charge in [0, 0.05) is 42.0 Å². The quantitative estimate of drug-likeness (QED) is 0.395. The fraction of sp³-hybridized carbons (Fsp3) is 0.462. The number of alkyl halides is 4. The topological polar surface area (TPSA) is 57.3 Å². The van der Waals surface area contributed by atoms with Crippen LogP contribution in [-0.2, 0) is 4.79 Å². The van der Waals surface area contributed by atoms with Crippen LogP contribution in [0.5, 0.6) is 0 Å². The molecule has 1 saturated heterocycles. The van der Waals surface area contributed by atoms with E-state index in [1.807, 2.05) is 11.9 Å². The van der Waals surface area contributed by atoms with Gasteiger partial charge >= 0.3 is 6.18 Å². The second-order valence-corrected chi connectivity index (χ2v) is 9.35. The molecular weight excluding hydrogens is 460 g/mol. The van der Waals surface area contributed by atoms with Gasteiger partial charge in [-0.3, -0.25) is 4.79 Å². The number of likely N-dealkylation sites (tertiary alicyclic amines) is 1. The molecular formula is C26H30F4N4O. The van der Waals surface area contributed by atoms with Crippen molar-refractivity contribution in [3.8, 4) is 0 Å². The average molecular weight is 491 g/mol. The van der Waals surface area contributed by atoms with Crippen molar-refractivity contribution in [3.05, 3.63) is 48.3 Å². The zero-order valence-corrected chi connectivity index (χ0v) is 19.7. The van der Waals surface area contributed by atoms with Gasteiger partial charge < -0.3 is 15.5 Å². The van der Waals surface area contributed by atoms with Crippen LogP contribution < -0.4 is 10.6 Å². The molecule has 1 amide bonds. The van der Waals surface area contributed by atoms with Crippen molar-refractivity contribution in [2.45, 2.75) is 44.1 Å². The summed E-state index contributed by atoms with van der Waals surface area (Å²) < 4.78 is 55.4. The molecule has 2 atom stereocenters. The van der Waals surface area contributed by atoms with Crippen molar-refractivity contribution >= 4 is 34.0 Å². The summed E-state index contributed by atoms with van der Waals surface area (Å²) in [7, 11) is 1.86. The Hall–Kier alpha value is -2.94. The maximum Gasteiger partial charge on any atom is 0.417 e. The maximum atomic E-state index is 14.7. The number of nitrogens with one attached hydrogen (secondary N) is 2. The van der Waals surface area contributed by atoms with Gasteiger partial charge in [-0.05, 0) is 50.9 Å². The summed E-state index contributed by atoms with van der Waals surface area (Å²) in [4.78, 5) is 17.9. The maximum absolute atomic E-state index is 14.7. The molecule has 9 heteroatoms. The minimum Gasteiger partial charge on any atom is -0.379 e. The Morgan fingerprint density at radius 2 is 2.03 bits per heavy atom. The highest BCUT2D eigenvalue weighted by molar-refractivity contribution is 6.00. The standard InChI is InChI=1S/C26H30F4N4O/c1-16(26(28,29)30)24-19-7-5-8-22(33-23-11-13-34(2)15-21(23)27)20(19)14-18(32-24)6-3-4-12-31-25(35)17-9-10-17/h3,5-8,14,17,21,23,33H,1,4,9-13,15H2,2H3,(H,31,35)/b6-3+/t21-,23+/m0/s1. The zero-order chi connectivity index (χ0) is 25.2. The number of allylic oxidation sites excluding steroid dienone is 1. The summed E-state index contributed by atoms with van der Waals surface area (Å²) in [5, 5.41) is 6.89. The molecule has 1 aliphatic carbocycles. The Morgan fingerprint density at radius 1 is 1.26 bits per heavy atom. The van der Waals surface area contributed by atoms with Crippen LogP contribution in [0, 0.1) is 5.92 Å². The molecule has 1 aliphatic heterocycles. The van der Waals surface area contributed by atoms with Crippen LogP contribution in [0.4, 0.5) is 23.2 Å². The second-order valence-electron chi connectivity index (χ2n) is 9.35. The Bertz CT molecular complexity index is 1130. The minimum absolute atomic E-state index is 0.0433. The highest BCUT2D eigenvalue weighted by Crippen LogP contribution is 2.37. The third kappa shape index (κ3) is 6.20. The molecule has 4 rings (SSSR count). The van der Waals surface area contributed by atoms with Crippen molar-refractivity contribution in [2.75, 3.05) is 32.0 Å². The summed E-state index contributed by atoms with van der Waals surface area (Å²) in [5.74, 6) is 0.165. The van der Waals surface area contributed by atoms with E-state index in [2.05, 4.69) is 22.2 Å². The molecule has 0 spiro atoms. The number of nitrogens with zero attached hydrogens (tertiary/aromatic N) is 2. The van der Waals surface area contributed by atoms with Gasteiger partial charge in [-0.15, -0.1) is 0 Å².